The molecule has 1 amide bonds. The Morgan fingerprint density at radius 1 is 1.04 bits per heavy atom. The van der Waals surface area contributed by atoms with Crippen molar-refractivity contribution in [2.75, 3.05) is 20.2 Å². The molecule has 2 aromatic carbocycles. The number of rotatable bonds is 4. The van der Waals surface area contributed by atoms with E-state index < -0.39 is 5.97 Å². The third-order valence-electron chi connectivity index (χ3n) is 4.86. The Hall–Kier alpha value is -2.66. The van der Waals surface area contributed by atoms with Gasteiger partial charge in [-0.2, -0.15) is 0 Å². The molecular formula is C22H25NO4. The average molecular weight is 367 g/mol. The second kappa shape index (κ2) is 8.35. The van der Waals surface area contributed by atoms with Crippen molar-refractivity contribution in [1.29, 1.82) is 0 Å². The molecule has 0 aromatic heterocycles. The van der Waals surface area contributed by atoms with E-state index in [1.807, 2.05) is 35.2 Å². The van der Waals surface area contributed by atoms with Crippen LogP contribution < -0.4 is 0 Å². The van der Waals surface area contributed by atoms with Crippen LogP contribution in [0.1, 0.15) is 46.2 Å². The molecule has 0 radical (unpaired) electrons. The van der Waals surface area contributed by atoms with Gasteiger partial charge in [0.1, 0.15) is 6.10 Å². The maximum atomic E-state index is 13.1. The molecule has 1 fully saturated rings. The number of benzene rings is 2. The van der Waals surface area contributed by atoms with Crippen LogP contribution in [-0.4, -0.2) is 43.1 Å². The van der Waals surface area contributed by atoms with Crippen molar-refractivity contribution in [3.05, 3.63) is 71.3 Å². The van der Waals surface area contributed by atoms with Gasteiger partial charge in [0.2, 0.25) is 0 Å². The molecule has 0 aliphatic carbocycles. The van der Waals surface area contributed by atoms with Gasteiger partial charge in [0.05, 0.1) is 25.3 Å². The SMILES string of the molecule is COC(=O)c1cccc(C(=O)N2C[C@@H](c3ccccc3)O[C@@H](C(C)C)C2)c1. The highest BCUT2D eigenvalue weighted by Crippen LogP contribution is 2.29. The van der Waals surface area contributed by atoms with Gasteiger partial charge in [-0.1, -0.05) is 50.2 Å². The number of carbonyl (C=O) groups excluding carboxylic acids is 2. The third-order valence-corrected chi connectivity index (χ3v) is 4.86. The number of morpholine rings is 1. The van der Waals surface area contributed by atoms with Crippen molar-refractivity contribution >= 4 is 11.9 Å². The molecule has 3 rings (SSSR count). The predicted octanol–water partition coefficient (Wildman–Crippen LogP) is 3.71. The van der Waals surface area contributed by atoms with Crippen molar-refractivity contribution in [1.82, 2.24) is 4.90 Å². The molecular weight excluding hydrogens is 342 g/mol. The lowest BCUT2D eigenvalue weighted by atomic mass is 10.00. The molecule has 1 saturated heterocycles. The molecule has 27 heavy (non-hydrogen) atoms. The van der Waals surface area contributed by atoms with Gasteiger partial charge in [0, 0.05) is 12.1 Å². The summed E-state index contributed by atoms with van der Waals surface area (Å²) in [6.45, 7) is 5.20. The Kier molecular flexibility index (Phi) is 5.91. The van der Waals surface area contributed by atoms with Crippen molar-refractivity contribution in [3.8, 4) is 0 Å². The van der Waals surface area contributed by atoms with Crippen LogP contribution in [0.25, 0.3) is 0 Å². The molecule has 5 heteroatoms. The van der Waals surface area contributed by atoms with E-state index in [1.165, 1.54) is 7.11 Å². The molecule has 0 N–H and O–H groups in total. The van der Waals surface area contributed by atoms with E-state index in [1.54, 1.807) is 24.3 Å². The first-order chi connectivity index (χ1) is 13.0. The van der Waals surface area contributed by atoms with Gasteiger partial charge >= 0.3 is 5.97 Å². The van der Waals surface area contributed by atoms with E-state index in [0.717, 1.165) is 5.56 Å². The zero-order valence-corrected chi connectivity index (χ0v) is 15.9. The van der Waals surface area contributed by atoms with E-state index in [4.69, 9.17) is 9.47 Å². The number of amides is 1. The number of ether oxygens (including phenoxy) is 2. The number of nitrogens with zero attached hydrogens (tertiary/aromatic N) is 1. The molecule has 1 heterocycles. The number of hydrogen-bond acceptors (Lipinski definition) is 4. The quantitative estimate of drug-likeness (QED) is 0.773. The first-order valence-electron chi connectivity index (χ1n) is 9.17. The van der Waals surface area contributed by atoms with Crippen LogP contribution >= 0.6 is 0 Å². The topological polar surface area (TPSA) is 55.8 Å². The molecule has 142 valence electrons. The summed E-state index contributed by atoms with van der Waals surface area (Å²) >= 11 is 0. The monoisotopic (exact) mass is 367 g/mol. The second-order valence-corrected chi connectivity index (χ2v) is 7.10. The van der Waals surface area contributed by atoms with Crippen molar-refractivity contribution < 1.29 is 19.1 Å². The van der Waals surface area contributed by atoms with Crippen LogP contribution in [0.2, 0.25) is 0 Å². The Balaban J connectivity index is 1.85. The summed E-state index contributed by atoms with van der Waals surface area (Å²) in [6, 6.07) is 16.6. The van der Waals surface area contributed by atoms with E-state index >= 15 is 0 Å². The highest BCUT2D eigenvalue weighted by Gasteiger charge is 2.33. The lowest BCUT2D eigenvalue weighted by Gasteiger charge is -2.40. The molecule has 5 nitrogen and oxygen atoms in total. The molecule has 2 aromatic rings. The summed E-state index contributed by atoms with van der Waals surface area (Å²) in [5, 5.41) is 0. The van der Waals surface area contributed by atoms with E-state index in [9.17, 15) is 9.59 Å². The van der Waals surface area contributed by atoms with E-state index in [0.29, 0.717) is 24.2 Å². The Bertz CT molecular complexity index is 803. The van der Waals surface area contributed by atoms with Gasteiger partial charge in [-0.15, -0.1) is 0 Å². The Morgan fingerprint density at radius 3 is 2.41 bits per heavy atom. The molecule has 2 atom stereocenters. The number of esters is 1. The Morgan fingerprint density at radius 2 is 1.74 bits per heavy atom. The van der Waals surface area contributed by atoms with Gasteiger partial charge in [0.15, 0.2) is 0 Å². The first-order valence-corrected chi connectivity index (χ1v) is 9.17. The summed E-state index contributed by atoms with van der Waals surface area (Å²) < 4.78 is 11.0. The summed E-state index contributed by atoms with van der Waals surface area (Å²) in [6.07, 6.45) is -0.211. The fourth-order valence-electron chi connectivity index (χ4n) is 3.25. The molecule has 0 spiro atoms. The smallest absolute Gasteiger partial charge is 0.337 e. The normalized spacial score (nSPS) is 19.8. The zero-order chi connectivity index (χ0) is 19.4. The Labute approximate surface area is 159 Å². The zero-order valence-electron chi connectivity index (χ0n) is 15.9. The molecule has 1 aliphatic heterocycles. The summed E-state index contributed by atoms with van der Waals surface area (Å²) in [7, 11) is 1.33. The maximum Gasteiger partial charge on any atom is 0.337 e. The van der Waals surface area contributed by atoms with Crippen LogP contribution in [0.5, 0.6) is 0 Å². The van der Waals surface area contributed by atoms with Crippen molar-refractivity contribution in [3.63, 3.8) is 0 Å². The summed E-state index contributed by atoms with van der Waals surface area (Å²) in [4.78, 5) is 26.7. The number of methoxy groups -OCH3 is 1. The minimum absolute atomic E-state index is 0.0447. The lowest BCUT2D eigenvalue weighted by molar-refractivity contribution is -0.0954. The van der Waals surface area contributed by atoms with Gasteiger partial charge in [0.25, 0.3) is 5.91 Å². The van der Waals surface area contributed by atoms with Crippen LogP contribution in [0.15, 0.2) is 54.6 Å². The second-order valence-electron chi connectivity index (χ2n) is 7.10. The van der Waals surface area contributed by atoms with Crippen LogP contribution in [0.4, 0.5) is 0 Å². The molecule has 0 bridgehead atoms. The third kappa shape index (κ3) is 4.37. The largest absolute Gasteiger partial charge is 0.465 e. The summed E-state index contributed by atoms with van der Waals surface area (Å²) in [5.41, 5.74) is 1.91. The van der Waals surface area contributed by atoms with Crippen molar-refractivity contribution in [2.24, 2.45) is 5.92 Å². The highest BCUT2D eigenvalue weighted by molar-refractivity contribution is 5.98. The highest BCUT2D eigenvalue weighted by atomic mass is 16.5. The number of carbonyl (C=O) groups is 2. The fraction of sp³-hybridized carbons (Fsp3) is 0.364. The summed E-state index contributed by atoms with van der Waals surface area (Å²) in [5.74, 6) is -0.266. The van der Waals surface area contributed by atoms with Gasteiger partial charge in [-0.3, -0.25) is 4.79 Å². The van der Waals surface area contributed by atoms with E-state index in [2.05, 4.69) is 13.8 Å². The molecule has 1 aliphatic rings. The van der Waals surface area contributed by atoms with Crippen LogP contribution in [0, 0.1) is 5.92 Å². The first kappa shape index (κ1) is 19.1. The average Bonchev–Trinajstić information content (AvgIpc) is 2.73. The van der Waals surface area contributed by atoms with Gasteiger partial charge < -0.3 is 14.4 Å². The van der Waals surface area contributed by atoms with Crippen LogP contribution in [0.3, 0.4) is 0 Å². The number of hydrogen-bond donors (Lipinski definition) is 0. The van der Waals surface area contributed by atoms with Gasteiger partial charge in [-0.05, 0) is 29.7 Å². The fourth-order valence-corrected chi connectivity index (χ4v) is 3.25. The van der Waals surface area contributed by atoms with Crippen LogP contribution in [-0.2, 0) is 9.47 Å². The minimum atomic E-state index is -0.450. The maximum absolute atomic E-state index is 13.1. The standard InChI is InChI=1S/C22H25NO4/c1-15(2)19-13-23(14-20(27-19)16-8-5-4-6-9-16)21(24)17-10-7-11-18(12-17)22(25)26-3/h4-12,15,19-20H,13-14H2,1-3H3/t19-,20+/m1/s1. The molecule has 0 saturated carbocycles. The minimum Gasteiger partial charge on any atom is -0.465 e. The molecule has 0 unspecified atom stereocenters. The van der Waals surface area contributed by atoms with Crippen molar-refractivity contribution in [2.45, 2.75) is 26.1 Å². The predicted molar refractivity (Wildman–Crippen MR) is 103 cm³/mol. The van der Waals surface area contributed by atoms with Gasteiger partial charge in [-0.25, -0.2) is 4.79 Å². The van der Waals surface area contributed by atoms with E-state index in [-0.39, 0.29) is 24.0 Å². The lowest BCUT2D eigenvalue weighted by Crippen LogP contribution is -2.48.